The summed E-state index contributed by atoms with van der Waals surface area (Å²) in [5, 5.41) is 16.0. The summed E-state index contributed by atoms with van der Waals surface area (Å²) < 4.78 is 1.70. The Bertz CT molecular complexity index is 1130. The molecule has 2 aromatic carbocycles. The average Bonchev–Trinajstić information content (AvgIpc) is 3.04. The molecule has 0 saturated heterocycles. The van der Waals surface area contributed by atoms with Crippen LogP contribution in [0.1, 0.15) is 35.3 Å². The highest BCUT2D eigenvalue weighted by Gasteiger charge is 2.18. The molecular weight excluding hydrogens is 416 g/mol. The van der Waals surface area contributed by atoms with Gasteiger partial charge in [0.25, 0.3) is 5.69 Å². The van der Waals surface area contributed by atoms with Gasteiger partial charge in [0, 0.05) is 30.8 Å². The number of nitro groups is 1. The van der Waals surface area contributed by atoms with Crippen LogP contribution in [0.4, 0.5) is 5.69 Å². The minimum Gasteiger partial charge on any atom is -0.335 e. The largest absolute Gasteiger partial charge is 0.335 e. The van der Waals surface area contributed by atoms with Crippen molar-refractivity contribution in [2.75, 3.05) is 7.05 Å². The Hall–Kier alpha value is -3.45. The fourth-order valence-electron chi connectivity index (χ4n) is 3.20. The van der Waals surface area contributed by atoms with Crippen molar-refractivity contribution in [2.45, 2.75) is 26.4 Å². The Morgan fingerprint density at radius 1 is 1.26 bits per heavy atom. The van der Waals surface area contributed by atoms with E-state index in [1.807, 2.05) is 44.2 Å². The summed E-state index contributed by atoms with van der Waals surface area (Å²) in [6.45, 7) is 4.19. The lowest BCUT2D eigenvalue weighted by molar-refractivity contribution is -0.384. The number of non-ortho nitro benzene ring substituents is 1. The van der Waals surface area contributed by atoms with Crippen molar-refractivity contribution in [3.8, 4) is 0 Å². The van der Waals surface area contributed by atoms with Crippen molar-refractivity contribution < 1.29 is 9.72 Å². The molecule has 160 valence electrons. The van der Waals surface area contributed by atoms with E-state index in [1.54, 1.807) is 29.9 Å². The number of hydrogen-bond donors (Lipinski definition) is 0. The maximum absolute atomic E-state index is 12.7. The Morgan fingerprint density at radius 3 is 2.65 bits per heavy atom. The lowest BCUT2D eigenvalue weighted by Crippen LogP contribution is -2.28. The van der Waals surface area contributed by atoms with E-state index in [0.717, 1.165) is 11.3 Å². The Kier molecular flexibility index (Phi) is 6.87. The first kappa shape index (κ1) is 22.2. The van der Waals surface area contributed by atoms with Crippen LogP contribution in [0.2, 0.25) is 5.15 Å². The van der Waals surface area contributed by atoms with Crippen molar-refractivity contribution in [1.82, 2.24) is 14.7 Å². The smallest absolute Gasteiger partial charge is 0.269 e. The molecule has 0 fully saturated rings. The molecule has 3 aromatic rings. The highest BCUT2D eigenvalue weighted by molar-refractivity contribution is 6.31. The Labute approximate surface area is 185 Å². The average molecular weight is 439 g/mol. The monoisotopic (exact) mass is 438 g/mol. The standard InChI is InChI=1S/C23H23ClN4O3/c1-16-21(23(24)27(25-16)15-18-8-5-4-6-9-18)12-13-22(29)26(3)17(2)19-10-7-11-20(14-19)28(30)31/h4-14,17H,15H2,1-3H3/b13-12+. The minimum atomic E-state index is -0.449. The van der Waals surface area contributed by atoms with Crippen LogP contribution in [0, 0.1) is 17.0 Å². The van der Waals surface area contributed by atoms with Crippen molar-refractivity contribution >= 4 is 29.3 Å². The molecule has 0 aliphatic carbocycles. The first-order chi connectivity index (χ1) is 14.8. The van der Waals surface area contributed by atoms with E-state index in [4.69, 9.17) is 11.6 Å². The van der Waals surface area contributed by atoms with Gasteiger partial charge in [-0.25, -0.2) is 4.68 Å². The highest BCUT2D eigenvalue weighted by atomic mass is 35.5. The lowest BCUT2D eigenvalue weighted by atomic mass is 10.1. The van der Waals surface area contributed by atoms with E-state index >= 15 is 0 Å². The van der Waals surface area contributed by atoms with Crippen LogP contribution in [0.5, 0.6) is 0 Å². The summed E-state index contributed by atoms with van der Waals surface area (Å²) in [7, 11) is 1.66. The van der Waals surface area contributed by atoms with Gasteiger partial charge in [-0.3, -0.25) is 14.9 Å². The summed E-state index contributed by atoms with van der Waals surface area (Å²) in [6.07, 6.45) is 3.10. The quantitative estimate of drug-likeness (QED) is 0.294. The molecule has 1 aromatic heterocycles. The maximum Gasteiger partial charge on any atom is 0.269 e. The summed E-state index contributed by atoms with van der Waals surface area (Å²) in [5.74, 6) is -0.245. The number of rotatable bonds is 7. The molecule has 0 spiro atoms. The molecular formula is C23H23ClN4O3. The number of carbonyl (C=O) groups is 1. The molecule has 7 nitrogen and oxygen atoms in total. The predicted molar refractivity (Wildman–Crippen MR) is 121 cm³/mol. The second-order valence-electron chi connectivity index (χ2n) is 7.24. The number of aromatic nitrogens is 2. The summed E-state index contributed by atoms with van der Waals surface area (Å²) in [4.78, 5) is 24.8. The summed E-state index contributed by atoms with van der Waals surface area (Å²) in [5.41, 5.74) is 3.16. The third-order valence-corrected chi connectivity index (χ3v) is 5.57. The van der Waals surface area contributed by atoms with Gasteiger partial charge in [-0.05, 0) is 31.1 Å². The molecule has 3 rings (SSSR count). The van der Waals surface area contributed by atoms with Crippen molar-refractivity contribution in [1.29, 1.82) is 0 Å². The highest BCUT2D eigenvalue weighted by Crippen LogP contribution is 2.25. The van der Waals surface area contributed by atoms with Gasteiger partial charge in [0.2, 0.25) is 5.91 Å². The fourth-order valence-corrected chi connectivity index (χ4v) is 3.50. The van der Waals surface area contributed by atoms with Crippen molar-refractivity contribution in [3.63, 3.8) is 0 Å². The number of halogens is 1. The number of benzene rings is 2. The van der Waals surface area contributed by atoms with E-state index < -0.39 is 4.92 Å². The molecule has 0 radical (unpaired) electrons. The van der Waals surface area contributed by atoms with Crippen LogP contribution < -0.4 is 0 Å². The van der Waals surface area contributed by atoms with Gasteiger partial charge in [0.1, 0.15) is 5.15 Å². The molecule has 0 bridgehead atoms. The minimum absolute atomic E-state index is 0.00558. The van der Waals surface area contributed by atoms with Gasteiger partial charge >= 0.3 is 0 Å². The van der Waals surface area contributed by atoms with Crippen LogP contribution in [0.25, 0.3) is 6.08 Å². The van der Waals surface area contributed by atoms with E-state index in [2.05, 4.69) is 5.10 Å². The van der Waals surface area contributed by atoms with Crippen LogP contribution >= 0.6 is 11.6 Å². The first-order valence-electron chi connectivity index (χ1n) is 9.74. The fraction of sp³-hybridized carbons (Fsp3) is 0.217. The second kappa shape index (κ2) is 9.57. The van der Waals surface area contributed by atoms with Crippen LogP contribution in [0.15, 0.2) is 60.7 Å². The number of amides is 1. The van der Waals surface area contributed by atoms with E-state index in [9.17, 15) is 14.9 Å². The van der Waals surface area contributed by atoms with Gasteiger partial charge in [-0.2, -0.15) is 5.10 Å². The number of nitrogens with zero attached hydrogens (tertiary/aromatic N) is 4. The molecule has 8 heteroatoms. The number of aryl methyl sites for hydroxylation is 1. The SMILES string of the molecule is Cc1nn(Cc2ccccc2)c(Cl)c1/C=C/C(=O)N(C)C(C)c1cccc([N+](=O)[O-])c1. The molecule has 1 unspecified atom stereocenters. The summed E-state index contributed by atoms with van der Waals surface area (Å²) in [6, 6.07) is 15.8. The molecule has 0 aliphatic rings. The van der Waals surface area contributed by atoms with Crippen LogP contribution in [0.3, 0.4) is 0 Å². The van der Waals surface area contributed by atoms with E-state index in [1.165, 1.54) is 23.1 Å². The normalized spacial score (nSPS) is 12.1. The van der Waals surface area contributed by atoms with Gasteiger partial charge in [-0.1, -0.05) is 54.1 Å². The van der Waals surface area contributed by atoms with E-state index in [0.29, 0.717) is 22.8 Å². The molecule has 1 heterocycles. The molecule has 1 amide bonds. The van der Waals surface area contributed by atoms with E-state index in [-0.39, 0.29) is 17.6 Å². The molecule has 0 saturated carbocycles. The lowest BCUT2D eigenvalue weighted by Gasteiger charge is -2.24. The van der Waals surface area contributed by atoms with Gasteiger partial charge in [0.05, 0.1) is 23.2 Å². The zero-order chi connectivity index (χ0) is 22.5. The van der Waals surface area contributed by atoms with Crippen molar-refractivity contribution in [2.24, 2.45) is 0 Å². The van der Waals surface area contributed by atoms with Gasteiger partial charge in [-0.15, -0.1) is 0 Å². The molecule has 0 N–H and O–H groups in total. The predicted octanol–water partition coefficient (Wildman–Crippen LogP) is 5.03. The van der Waals surface area contributed by atoms with Gasteiger partial charge < -0.3 is 4.90 Å². The zero-order valence-corrected chi connectivity index (χ0v) is 18.3. The number of likely N-dealkylation sites (N-methyl/N-ethyl adjacent to an activating group) is 1. The molecule has 0 aliphatic heterocycles. The maximum atomic E-state index is 12.7. The summed E-state index contributed by atoms with van der Waals surface area (Å²) >= 11 is 6.51. The number of nitro benzene ring substituents is 1. The topological polar surface area (TPSA) is 81.3 Å². The number of hydrogen-bond acceptors (Lipinski definition) is 4. The molecule has 31 heavy (non-hydrogen) atoms. The Morgan fingerprint density at radius 2 is 1.97 bits per heavy atom. The van der Waals surface area contributed by atoms with Crippen LogP contribution in [-0.4, -0.2) is 32.6 Å². The Balaban J connectivity index is 1.74. The van der Waals surface area contributed by atoms with Gasteiger partial charge in [0.15, 0.2) is 0 Å². The van der Waals surface area contributed by atoms with Crippen molar-refractivity contribution in [3.05, 3.63) is 98.3 Å². The molecule has 1 atom stereocenters. The number of carbonyl (C=O) groups excluding carboxylic acids is 1. The zero-order valence-electron chi connectivity index (χ0n) is 17.5. The second-order valence-corrected chi connectivity index (χ2v) is 7.60. The third-order valence-electron chi connectivity index (χ3n) is 5.17. The third kappa shape index (κ3) is 5.19. The van der Waals surface area contributed by atoms with Crippen LogP contribution in [-0.2, 0) is 11.3 Å². The first-order valence-corrected chi connectivity index (χ1v) is 10.1.